The maximum Gasteiger partial charge on any atom is 0.273 e. The van der Waals surface area contributed by atoms with Gasteiger partial charge in [-0.05, 0) is 29.1 Å². The Morgan fingerprint density at radius 2 is 2.07 bits per heavy atom. The van der Waals surface area contributed by atoms with E-state index in [1.165, 1.54) is 16.2 Å². The molecule has 0 bridgehead atoms. The van der Waals surface area contributed by atoms with Gasteiger partial charge in [0.15, 0.2) is 11.5 Å². The normalized spacial score (nSPS) is 13.8. The molecule has 0 radical (unpaired) electrons. The van der Waals surface area contributed by atoms with Gasteiger partial charge in [-0.1, -0.05) is 23.4 Å². The molecular weight excluding hydrogens is 392 g/mol. The Hall–Kier alpha value is -3.46. The van der Waals surface area contributed by atoms with Crippen molar-refractivity contribution < 1.29 is 18.9 Å². The van der Waals surface area contributed by atoms with Crippen LogP contribution in [0.3, 0.4) is 0 Å². The van der Waals surface area contributed by atoms with Crippen molar-refractivity contribution in [2.45, 2.75) is 6.54 Å². The zero-order valence-electron chi connectivity index (χ0n) is 15.4. The van der Waals surface area contributed by atoms with Crippen molar-refractivity contribution in [3.8, 4) is 10.6 Å². The van der Waals surface area contributed by atoms with Crippen LogP contribution in [0.1, 0.15) is 26.4 Å². The van der Waals surface area contributed by atoms with Gasteiger partial charge in [0.05, 0.1) is 11.4 Å². The predicted octanol–water partition coefficient (Wildman–Crippen LogP) is 1.91. The zero-order chi connectivity index (χ0) is 20.2. The van der Waals surface area contributed by atoms with Crippen molar-refractivity contribution in [1.82, 2.24) is 20.7 Å². The fraction of sp³-hybridized carbons (Fsp3) is 0.200. The highest BCUT2D eigenvalue weighted by Gasteiger charge is 2.22. The van der Waals surface area contributed by atoms with Crippen LogP contribution in [-0.2, 0) is 11.3 Å². The topological polar surface area (TPSA) is 105 Å². The van der Waals surface area contributed by atoms with E-state index in [9.17, 15) is 14.4 Å². The SMILES string of the molecule is O=C1CN(C(=O)c2ccc(CNC(=O)c3cc(-c4cccs4)on3)cc2)CCN1. The summed E-state index contributed by atoms with van der Waals surface area (Å²) in [5.41, 5.74) is 1.56. The number of amides is 3. The lowest BCUT2D eigenvalue weighted by atomic mass is 10.1. The van der Waals surface area contributed by atoms with E-state index in [-0.39, 0.29) is 30.0 Å². The number of benzene rings is 1. The lowest BCUT2D eigenvalue weighted by Gasteiger charge is -2.26. The van der Waals surface area contributed by atoms with Crippen LogP contribution in [0.2, 0.25) is 0 Å². The number of hydrogen-bond acceptors (Lipinski definition) is 6. The summed E-state index contributed by atoms with van der Waals surface area (Å²) in [4.78, 5) is 38.6. The van der Waals surface area contributed by atoms with Gasteiger partial charge in [-0.2, -0.15) is 0 Å². The second kappa shape index (κ2) is 8.27. The first kappa shape index (κ1) is 18.9. The molecule has 1 aliphatic heterocycles. The van der Waals surface area contributed by atoms with E-state index in [2.05, 4.69) is 15.8 Å². The molecule has 9 heteroatoms. The molecule has 148 valence electrons. The Labute approximate surface area is 170 Å². The average molecular weight is 410 g/mol. The molecule has 2 N–H and O–H groups in total. The third kappa shape index (κ3) is 4.35. The Balaban J connectivity index is 1.34. The van der Waals surface area contributed by atoms with Gasteiger partial charge in [0.1, 0.15) is 0 Å². The molecule has 3 amide bonds. The fourth-order valence-corrected chi connectivity index (χ4v) is 3.62. The molecule has 3 aromatic rings. The average Bonchev–Trinajstić information content (AvgIpc) is 3.43. The molecule has 1 aliphatic rings. The van der Waals surface area contributed by atoms with Gasteiger partial charge in [-0.25, -0.2) is 0 Å². The van der Waals surface area contributed by atoms with Gasteiger partial charge in [-0.15, -0.1) is 11.3 Å². The molecule has 0 aliphatic carbocycles. The smallest absolute Gasteiger partial charge is 0.273 e. The number of carbonyl (C=O) groups is 3. The lowest BCUT2D eigenvalue weighted by molar-refractivity contribution is -0.123. The van der Waals surface area contributed by atoms with E-state index in [4.69, 9.17) is 4.52 Å². The number of nitrogens with zero attached hydrogens (tertiary/aromatic N) is 2. The molecule has 8 nitrogen and oxygen atoms in total. The van der Waals surface area contributed by atoms with E-state index in [1.54, 1.807) is 30.3 Å². The third-order valence-corrected chi connectivity index (χ3v) is 5.37. The maximum absolute atomic E-state index is 12.5. The Kier molecular flexibility index (Phi) is 5.39. The molecule has 4 rings (SSSR count). The highest BCUT2D eigenvalue weighted by Crippen LogP contribution is 2.25. The standard InChI is InChI=1S/C20H18N4O4S/c25-18-12-24(8-7-21-18)20(27)14-5-3-13(4-6-14)11-22-19(26)15-10-16(28-23-15)17-2-1-9-29-17/h1-6,9-10H,7-8,11-12H2,(H,21,25)(H,22,26). The highest BCUT2D eigenvalue weighted by molar-refractivity contribution is 7.13. The van der Waals surface area contributed by atoms with Gasteiger partial charge in [-0.3, -0.25) is 14.4 Å². The minimum atomic E-state index is -0.337. The molecule has 29 heavy (non-hydrogen) atoms. The van der Waals surface area contributed by atoms with E-state index >= 15 is 0 Å². The van der Waals surface area contributed by atoms with Crippen LogP contribution in [-0.4, -0.2) is 47.4 Å². The summed E-state index contributed by atoms with van der Waals surface area (Å²) in [6, 6.07) is 12.3. The largest absolute Gasteiger partial charge is 0.355 e. The Morgan fingerprint density at radius 3 is 2.79 bits per heavy atom. The second-order valence-electron chi connectivity index (χ2n) is 6.51. The quantitative estimate of drug-likeness (QED) is 0.669. The molecule has 3 heterocycles. The summed E-state index contributed by atoms with van der Waals surface area (Å²) in [6.07, 6.45) is 0. The minimum Gasteiger partial charge on any atom is -0.355 e. The fourth-order valence-electron chi connectivity index (χ4n) is 2.95. The second-order valence-corrected chi connectivity index (χ2v) is 7.46. The first-order valence-electron chi connectivity index (χ1n) is 9.04. The molecule has 0 spiro atoms. The van der Waals surface area contributed by atoms with Gasteiger partial charge in [0.2, 0.25) is 5.91 Å². The summed E-state index contributed by atoms with van der Waals surface area (Å²) < 4.78 is 5.22. The van der Waals surface area contributed by atoms with Crippen LogP contribution >= 0.6 is 11.3 Å². The number of nitrogens with one attached hydrogen (secondary N) is 2. The summed E-state index contributed by atoms with van der Waals surface area (Å²) in [5.74, 6) is -0.117. The first-order valence-corrected chi connectivity index (χ1v) is 9.92. The van der Waals surface area contributed by atoms with Crippen molar-refractivity contribution in [3.05, 3.63) is 64.7 Å². The number of aromatic nitrogens is 1. The molecule has 0 atom stereocenters. The third-order valence-electron chi connectivity index (χ3n) is 4.49. The van der Waals surface area contributed by atoms with E-state index in [0.717, 1.165) is 10.4 Å². The van der Waals surface area contributed by atoms with Gasteiger partial charge < -0.3 is 20.1 Å². The van der Waals surface area contributed by atoms with Crippen molar-refractivity contribution >= 4 is 29.1 Å². The monoisotopic (exact) mass is 410 g/mol. The molecule has 0 unspecified atom stereocenters. The lowest BCUT2D eigenvalue weighted by Crippen LogP contribution is -2.49. The van der Waals surface area contributed by atoms with Gasteiger partial charge >= 0.3 is 0 Å². The summed E-state index contributed by atoms with van der Waals surface area (Å²) >= 11 is 1.51. The molecule has 1 fully saturated rings. The molecule has 1 aromatic carbocycles. The van der Waals surface area contributed by atoms with Crippen molar-refractivity contribution in [1.29, 1.82) is 0 Å². The van der Waals surface area contributed by atoms with E-state index in [0.29, 0.717) is 31.0 Å². The first-order chi connectivity index (χ1) is 14.1. The number of piperazine rings is 1. The van der Waals surface area contributed by atoms with Crippen molar-refractivity contribution in [3.63, 3.8) is 0 Å². The summed E-state index contributed by atoms with van der Waals surface area (Å²) in [6.45, 7) is 1.32. The van der Waals surface area contributed by atoms with Crippen LogP contribution in [0.5, 0.6) is 0 Å². The van der Waals surface area contributed by atoms with Crippen molar-refractivity contribution in [2.75, 3.05) is 19.6 Å². The molecular formula is C20H18N4O4S. The minimum absolute atomic E-state index is 0.0712. The Bertz CT molecular complexity index is 1030. The van der Waals surface area contributed by atoms with Crippen LogP contribution in [0.15, 0.2) is 52.4 Å². The molecule has 0 saturated carbocycles. The maximum atomic E-state index is 12.5. The number of rotatable bonds is 5. The van der Waals surface area contributed by atoms with Gasteiger partial charge in [0, 0.05) is 31.3 Å². The molecule has 2 aromatic heterocycles. The van der Waals surface area contributed by atoms with Gasteiger partial charge in [0.25, 0.3) is 11.8 Å². The van der Waals surface area contributed by atoms with E-state index < -0.39 is 0 Å². The van der Waals surface area contributed by atoms with Crippen molar-refractivity contribution in [2.24, 2.45) is 0 Å². The Morgan fingerprint density at radius 1 is 1.24 bits per heavy atom. The van der Waals surface area contributed by atoms with E-state index in [1.807, 2.05) is 17.5 Å². The number of carbonyl (C=O) groups excluding carboxylic acids is 3. The summed E-state index contributed by atoms with van der Waals surface area (Å²) in [7, 11) is 0. The van der Waals surface area contributed by atoms with Crippen LogP contribution in [0.25, 0.3) is 10.6 Å². The predicted molar refractivity (Wildman–Crippen MR) is 106 cm³/mol. The van der Waals surface area contributed by atoms with Crippen LogP contribution in [0, 0.1) is 0 Å². The number of thiophene rings is 1. The van der Waals surface area contributed by atoms with Crippen LogP contribution in [0.4, 0.5) is 0 Å². The molecule has 1 saturated heterocycles. The number of hydrogen-bond donors (Lipinski definition) is 2. The van der Waals surface area contributed by atoms with Crippen LogP contribution < -0.4 is 10.6 Å². The highest BCUT2D eigenvalue weighted by atomic mass is 32.1. The zero-order valence-corrected chi connectivity index (χ0v) is 16.2. The summed E-state index contributed by atoms with van der Waals surface area (Å²) in [5, 5.41) is 11.2.